The fourth-order valence-electron chi connectivity index (χ4n) is 2.44. The lowest BCUT2D eigenvalue weighted by molar-refractivity contribution is 0.102. The summed E-state index contributed by atoms with van der Waals surface area (Å²) < 4.78 is 5.22. The zero-order valence-electron chi connectivity index (χ0n) is 15.0. The Labute approximate surface area is 151 Å². The van der Waals surface area contributed by atoms with Crippen molar-refractivity contribution in [3.63, 3.8) is 0 Å². The molecule has 3 rings (SSSR count). The molecule has 3 aromatic rings. The van der Waals surface area contributed by atoms with Crippen molar-refractivity contribution in [2.24, 2.45) is 0 Å². The van der Waals surface area contributed by atoms with Crippen LogP contribution in [0, 0.1) is 6.92 Å². The van der Waals surface area contributed by atoms with Gasteiger partial charge >= 0.3 is 0 Å². The molecule has 0 aliphatic rings. The van der Waals surface area contributed by atoms with Crippen molar-refractivity contribution >= 4 is 33.3 Å². The highest BCUT2D eigenvalue weighted by atomic mass is 32.1. The molecule has 6 heteroatoms. The first kappa shape index (κ1) is 17.4. The summed E-state index contributed by atoms with van der Waals surface area (Å²) in [7, 11) is 1.62. The number of nitrogens with one attached hydrogen (secondary N) is 1. The van der Waals surface area contributed by atoms with Crippen molar-refractivity contribution < 1.29 is 9.53 Å². The van der Waals surface area contributed by atoms with E-state index in [-0.39, 0.29) is 11.3 Å². The van der Waals surface area contributed by atoms with E-state index in [2.05, 4.69) is 36.1 Å². The molecule has 0 aliphatic carbocycles. The van der Waals surface area contributed by atoms with Crippen LogP contribution in [0.3, 0.4) is 0 Å². The zero-order chi connectivity index (χ0) is 18.2. The van der Waals surface area contributed by atoms with Crippen molar-refractivity contribution in [3.05, 3.63) is 46.6 Å². The highest BCUT2D eigenvalue weighted by Crippen LogP contribution is 2.27. The minimum Gasteiger partial charge on any atom is -0.497 e. The van der Waals surface area contributed by atoms with Crippen molar-refractivity contribution in [2.75, 3.05) is 12.4 Å². The highest BCUT2D eigenvalue weighted by molar-refractivity contribution is 7.14. The first-order chi connectivity index (χ1) is 11.8. The van der Waals surface area contributed by atoms with E-state index in [9.17, 15) is 4.79 Å². The smallest absolute Gasteiger partial charge is 0.259 e. The van der Waals surface area contributed by atoms with E-state index < -0.39 is 0 Å². The number of benzene rings is 1. The van der Waals surface area contributed by atoms with Crippen molar-refractivity contribution in [1.29, 1.82) is 0 Å². The summed E-state index contributed by atoms with van der Waals surface area (Å²) in [6.07, 6.45) is 0. The van der Waals surface area contributed by atoms with Crippen LogP contribution in [0.1, 0.15) is 42.5 Å². The molecule has 0 radical (unpaired) electrons. The lowest BCUT2D eigenvalue weighted by atomic mass is 9.93. The summed E-state index contributed by atoms with van der Waals surface area (Å²) in [5, 5.41) is 6.36. The first-order valence-electron chi connectivity index (χ1n) is 8.00. The lowest BCUT2D eigenvalue weighted by Crippen LogP contribution is -2.15. The van der Waals surface area contributed by atoms with Crippen molar-refractivity contribution in [1.82, 2.24) is 9.97 Å². The molecule has 0 fully saturated rings. The molecule has 5 nitrogen and oxygen atoms in total. The number of hydrogen-bond donors (Lipinski definition) is 1. The molecule has 1 amide bonds. The number of hydrogen-bond acceptors (Lipinski definition) is 5. The Morgan fingerprint density at radius 2 is 1.96 bits per heavy atom. The van der Waals surface area contributed by atoms with Gasteiger partial charge in [-0.25, -0.2) is 4.98 Å². The number of aryl methyl sites for hydroxylation is 1. The maximum Gasteiger partial charge on any atom is 0.259 e. The Hall–Kier alpha value is -2.47. The molecule has 130 valence electrons. The minimum atomic E-state index is -0.197. The molecule has 1 N–H and O–H groups in total. The van der Waals surface area contributed by atoms with Gasteiger partial charge in [0.05, 0.1) is 29.6 Å². The number of rotatable bonds is 3. The van der Waals surface area contributed by atoms with Gasteiger partial charge in [0.1, 0.15) is 5.75 Å². The molecule has 0 spiro atoms. The van der Waals surface area contributed by atoms with E-state index in [4.69, 9.17) is 4.74 Å². The topological polar surface area (TPSA) is 64.1 Å². The third kappa shape index (κ3) is 3.64. The van der Waals surface area contributed by atoms with E-state index in [0.29, 0.717) is 16.4 Å². The fraction of sp³-hybridized carbons (Fsp3) is 0.316. The van der Waals surface area contributed by atoms with Gasteiger partial charge < -0.3 is 4.74 Å². The number of anilines is 1. The average molecular weight is 355 g/mol. The number of carbonyl (C=O) groups is 1. The number of aromatic nitrogens is 2. The van der Waals surface area contributed by atoms with Crippen LogP contribution < -0.4 is 10.1 Å². The number of methoxy groups -OCH3 is 1. The zero-order valence-corrected chi connectivity index (χ0v) is 15.8. The predicted octanol–water partition coefficient (Wildman–Crippen LogP) is 4.56. The molecule has 0 saturated carbocycles. The fourth-order valence-corrected chi connectivity index (χ4v) is 3.37. The van der Waals surface area contributed by atoms with Gasteiger partial charge in [-0.3, -0.25) is 15.1 Å². The standard InChI is InChI=1S/C19H21N3O2S/c1-11-14(8-12-6-7-13(24-5)9-15(12)20-11)17(23)22-18-21-16(10-25-18)19(2,3)4/h6-10H,1-5H3,(H,21,22,23). The lowest BCUT2D eigenvalue weighted by Gasteiger charge is -2.14. The monoisotopic (exact) mass is 355 g/mol. The van der Waals surface area contributed by atoms with Crippen LogP contribution in [0.2, 0.25) is 0 Å². The summed E-state index contributed by atoms with van der Waals surface area (Å²) in [5.41, 5.74) is 2.95. The Kier molecular flexibility index (Phi) is 4.47. The molecule has 2 aromatic heterocycles. The molecule has 0 bridgehead atoms. The number of thiazole rings is 1. The predicted molar refractivity (Wildman–Crippen MR) is 102 cm³/mol. The van der Waals surface area contributed by atoms with E-state index in [1.807, 2.05) is 36.6 Å². The molecule has 0 saturated heterocycles. The summed E-state index contributed by atoms with van der Waals surface area (Å²) in [6, 6.07) is 7.47. The van der Waals surface area contributed by atoms with Crippen LogP contribution in [-0.2, 0) is 5.41 Å². The van der Waals surface area contributed by atoms with Crippen LogP contribution >= 0.6 is 11.3 Å². The largest absolute Gasteiger partial charge is 0.497 e. The van der Waals surface area contributed by atoms with Crippen LogP contribution in [0.5, 0.6) is 5.75 Å². The second kappa shape index (κ2) is 6.44. The normalized spacial score (nSPS) is 11.6. The van der Waals surface area contributed by atoms with Crippen LogP contribution in [0.25, 0.3) is 10.9 Å². The van der Waals surface area contributed by atoms with Crippen LogP contribution in [0.4, 0.5) is 5.13 Å². The Morgan fingerprint density at radius 3 is 2.60 bits per heavy atom. The van der Waals surface area contributed by atoms with E-state index >= 15 is 0 Å². The van der Waals surface area contributed by atoms with Crippen molar-refractivity contribution in [3.8, 4) is 5.75 Å². The molecule has 1 aromatic carbocycles. The molecule has 0 aliphatic heterocycles. The number of ether oxygens (including phenoxy) is 1. The number of carbonyl (C=O) groups excluding carboxylic acids is 1. The third-order valence-electron chi connectivity index (χ3n) is 3.95. The van der Waals surface area contributed by atoms with Crippen molar-refractivity contribution in [2.45, 2.75) is 33.1 Å². The quantitative estimate of drug-likeness (QED) is 0.748. The summed E-state index contributed by atoms with van der Waals surface area (Å²) in [6.45, 7) is 8.12. The van der Waals surface area contributed by atoms with Crippen LogP contribution in [-0.4, -0.2) is 23.0 Å². The molecule has 0 unspecified atom stereocenters. The van der Waals surface area contributed by atoms with Gasteiger partial charge in [-0.1, -0.05) is 20.8 Å². The average Bonchev–Trinajstić information content (AvgIpc) is 3.02. The summed E-state index contributed by atoms with van der Waals surface area (Å²) >= 11 is 1.43. The Morgan fingerprint density at radius 1 is 1.20 bits per heavy atom. The molecule has 2 heterocycles. The van der Waals surface area contributed by atoms with Gasteiger partial charge in [-0.05, 0) is 25.1 Å². The van der Waals surface area contributed by atoms with Gasteiger partial charge in [0, 0.05) is 22.2 Å². The number of pyridine rings is 1. The number of nitrogens with zero attached hydrogens (tertiary/aromatic N) is 2. The molecular formula is C19H21N3O2S. The van der Waals surface area contributed by atoms with E-state index in [1.54, 1.807) is 7.11 Å². The molecule has 25 heavy (non-hydrogen) atoms. The molecule has 0 atom stereocenters. The van der Waals surface area contributed by atoms with Gasteiger partial charge in [-0.15, -0.1) is 11.3 Å². The maximum absolute atomic E-state index is 12.7. The Balaban J connectivity index is 1.89. The maximum atomic E-state index is 12.7. The number of fused-ring (bicyclic) bond motifs is 1. The Bertz CT molecular complexity index is 941. The summed E-state index contributed by atoms with van der Waals surface area (Å²) in [5.74, 6) is 0.548. The van der Waals surface area contributed by atoms with Gasteiger partial charge in [0.15, 0.2) is 5.13 Å². The van der Waals surface area contributed by atoms with Gasteiger partial charge in [0.25, 0.3) is 5.91 Å². The second-order valence-electron chi connectivity index (χ2n) is 6.92. The third-order valence-corrected chi connectivity index (χ3v) is 4.71. The molecular weight excluding hydrogens is 334 g/mol. The SMILES string of the molecule is COc1ccc2cc(C(=O)Nc3nc(C(C)(C)C)cs3)c(C)nc2c1. The van der Waals surface area contributed by atoms with E-state index in [1.165, 1.54) is 11.3 Å². The van der Waals surface area contributed by atoms with E-state index in [0.717, 1.165) is 22.3 Å². The van der Waals surface area contributed by atoms with Crippen LogP contribution in [0.15, 0.2) is 29.6 Å². The highest BCUT2D eigenvalue weighted by Gasteiger charge is 2.19. The van der Waals surface area contributed by atoms with Gasteiger partial charge in [-0.2, -0.15) is 0 Å². The number of amides is 1. The second-order valence-corrected chi connectivity index (χ2v) is 7.78. The summed E-state index contributed by atoms with van der Waals surface area (Å²) in [4.78, 5) is 21.7. The first-order valence-corrected chi connectivity index (χ1v) is 8.88. The van der Waals surface area contributed by atoms with Gasteiger partial charge in [0.2, 0.25) is 0 Å². The minimum absolute atomic E-state index is 0.0427.